The van der Waals surface area contributed by atoms with Gasteiger partial charge < -0.3 is 26.0 Å². The van der Waals surface area contributed by atoms with E-state index in [0.29, 0.717) is 23.7 Å². The molecule has 0 aliphatic carbocycles. The molecule has 4 N–H and O–H groups in total. The Morgan fingerprint density at radius 3 is 2.42 bits per heavy atom. The SMILES string of the molecule is Cc1cc(C(C)Nc2ccccc2C(=O)O)c2nc(N3CCN(c4ccc(CN)cc4)CC3)cc(=O)n2c1. The molecule has 4 aromatic rings. The van der Waals surface area contributed by atoms with E-state index in [9.17, 15) is 14.7 Å². The lowest BCUT2D eigenvalue weighted by Gasteiger charge is -2.36. The number of aromatic carboxylic acids is 1. The maximum absolute atomic E-state index is 13.2. The third-order valence-electron chi connectivity index (χ3n) is 7.05. The van der Waals surface area contributed by atoms with Gasteiger partial charge in [0.15, 0.2) is 0 Å². The van der Waals surface area contributed by atoms with Crippen molar-refractivity contribution in [1.29, 1.82) is 0 Å². The van der Waals surface area contributed by atoms with Gasteiger partial charge in [0.05, 0.1) is 11.6 Å². The van der Waals surface area contributed by atoms with Crippen LogP contribution in [0.2, 0.25) is 0 Å². The smallest absolute Gasteiger partial charge is 0.337 e. The van der Waals surface area contributed by atoms with E-state index in [-0.39, 0.29) is 17.2 Å². The summed E-state index contributed by atoms with van der Waals surface area (Å²) in [5, 5.41) is 12.9. The van der Waals surface area contributed by atoms with Crippen LogP contribution in [0.4, 0.5) is 17.2 Å². The second-order valence-electron chi connectivity index (χ2n) is 9.68. The predicted octanol–water partition coefficient (Wildman–Crippen LogP) is 3.66. The van der Waals surface area contributed by atoms with Gasteiger partial charge in [-0.05, 0) is 55.3 Å². The van der Waals surface area contributed by atoms with Crippen molar-refractivity contribution in [2.45, 2.75) is 26.4 Å². The second-order valence-corrected chi connectivity index (χ2v) is 9.68. The number of hydrogen-bond donors (Lipinski definition) is 3. The minimum absolute atomic E-state index is 0.145. The summed E-state index contributed by atoms with van der Waals surface area (Å²) < 4.78 is 1.57. The molecule has 1 fully saturated rings. The number of piperazine rings is 1. The van der Waals surface area contributed by atoms with E-state index in [1.807, 2.05) is 19.9 Å². The van der Waals surface area contributed by atoms with E-state index in [0.717, 1.165) is 48.6 Å². The normalized spacial score (nSPS) is 14.5. The summed E-state index contributed by atoms with van der Waals surface area (Å²) in [4.78, 5) is 34.3. The number of hydrogen-bond acceptors (Lipinski definition) is 7. The highest BCUT2D eigenvalue weighted by Crippen LogP contribution is 2.27. The van der Waals surface area contributed by atoms with Crippen LogP contribution in [0.15, 0.2) is 71.7 Å². The van der Waals surface area contributed by atoms with Crippen LogP contribution in [-0.2, 0) is 6.54 Å². The number of benzene rings is 2. The highest BCUT2D eigenvalue weighted by molar-refractivity contribution is 5.94. The Hall–Kier alpha value is -4.37. The predicted molar refractivity (Wildman–Crippen MR) is 150 cm³/mol. The summed E-state index contributed by atoms with van der Waals surface area (Å²) in [5.74, 6) is -0.350. The molecule has 0 radical (unpaired) electrons. The first-order chi connectivity index (χ1) is 18.3. The molecule has 9 nitrogen and oxygen atoms in total. The third kappa shape index (κ3) is 5.05. The Morgan fingerprint density at radius 1 is 1.05 bits per heavy atom. The van der Waals surface area contributed by atoms with Crippen molar-refractivity contribution in [1.82, 2.24) is 9.38 Å². The number of aryl methyl sites for hydroxylation is 1. The topological polar surface area (TPSA) is 116 Å². The summed E-state index contributed by atoms with van der Waals surface area (Å²) in [6, 6.07) is 18.4. The fraction of sp³-hybridized carbons (Fsp3) is 0.276. The lowest BCUT2D eigenvalue weighted by Crippen LogP contribution is -2.47. The molecule has 2 aromatic carbocycles. The number of nitrogens with two attached hydrogens (primary N) is 1. The first-order valence-electron chi connectivity index (χ1n) is 12.8. The number of carbonyl (C=O) groups is 1. The van der Waals surface area contributed by atoms with E-state index in [1.54, 1.807) is 40.9 Å². The van der Waals surface area contributed by atoms with Gasteiger partial charge in [0.1, 0.15) is 11.5 Å². The first-order valence-corrected chi connectivity index (χ1v) is 12.8. The van der Waals surface area contributed by atoms with Crippen LogP contribution in [0.5, 0.6) is 0 Å². The van der Waals surface area contributed by atoms with E-state index >= 15 is 0 Å². The van der Waals surface area contributed by atoms with E-state index in [2.05, 4.69) is 39.4 Å². The molecule has 9 heteroatoms. The molecule has 1 saturated heterocycles. The Morgan fingerprint density at radius 2 is 1.74 bits per heavy atom. The van der Waals surface area contributed by atoms with E-state index in [1.165, 1.54) is 0 Å². The largest absolute Gasteiger partial charge is 0.478 e. The molecular formula is C29H32N6O3. The number of rotatable bonds is 7. The number of pyridine rings is 1. The molecule has 196 valence electrons. The molecule has 0 saturated carbocycles. The molecular weight excluding hydrogens is 480 g/mol. The van der Waals surface area contributed by atoms with Crippen molar-refractivity contribution < 1.29 is 9.90 Å². The average Bonchev–Trinajstić information content (AvgIpc) is 2.93. The Kier molecular flexibility index (Phi) is 7.02. The van der Waals surface area contributed by atoms with Gasteiger partial charge in [-0.2, -0.15) is 0 Å². The lowest BCUT2D eigenvalue weighted by molar-refractivity contribution is 0.0698. The zero-order valence-corrected chi connectivity index (χ0v) is 21.6. The number of aromatic nitrogens is 2. The van der Waals surface area contributed by atoms with Crippen LogP contribution in [0.25, 0.3) is 5.65 Å². The molecule has 38 heavy (non-hydrogen) atoms. The molecule has 1 atom stereocenters. The number of anilines is 3. The molecule has 3 heterocycles. The number of para-hydroxylation sites is 1. The number of nitrogens with one attached hydrogen (secondary N) is 1. The number of carboxylic acid groups (broad SMARTS) is 1. The Balaban J connectivity index is 1.42. The van der Waals surface area contributed by atoms with Crippen LogP contribution in [0, 0.1) is 6.92 Å². The molecule has 1 aliphatic rings. The van der Waals surface area contributed by atoms with Gasteiger partial charge in [0.2, 0.25) is 0 Å². The summed E-state index contributed by atoms with van der Waals surface area (Å²) in [5.41, 5.74) is 10.9. The quantitative estimate of drug-likeness (QED) is 0.344. The summed E-state index contributed by atoms with van der Waals surface area (Å²) in [7, 11) is 0. The van der Waals surface area contributed by atoms with E-state index in [4.69, 9.17) is 10.7 Å². The standard InChI is InChI=1S/C29H32N6O3/c1-19-15-24(20(2)31-25-6-4-3-5-23(25)29(37)38)28-32-26(16-27(36)35(28)18-19)34-13-11-33(12-14-34)22-9-7-21(17-30)8-10-22/h3-10,15-16,18,20,31H,11-14,17,30H2,1-2H3,(H,37,38). The van der Waals surface area contributed by atoms with Crippen molar-refractivity contribution in [3.8, 4) is 0 Å². The lowest BCUT2D eigenvalue weighted by atomic mass is 10.1. The van der Waals surface area contributed by atoms with Gasteiger partial charge in [0, 0.05) is 61.9 Å². The average molecular weight is 513 g/mol. The van der Waals surface area contributed by atoms with Crippen LogP contribution in [0.3, 0.4) is 0 Å². The number of carboxylic acids is 1. The van der Waals surface area contributed by atoms with Crippen molar-refractivity contribution >= 4 is 28.8 Å². The van der Waals surface area contributed by atoms with Gasteiger partial charge in [0.25, 0.3) is 5.56 Å². The monoisotopic (exact) mass is 512 g/mol. The molecule has 0 spiro atoms. The zero-order chi connectivity index (χ0) is 26.8. The zero-order valence-electron chi connectivity index (χ0n) is 21.6. The van der Waals surface area contributed by atoms with Crippen LogP contribution >= 0.6 is 0 Å². The van der Waals surface area contributed by atoms with Gasteiger partial charge in [-0.25, -0.2) is 9.78 Å². The van der Waals surface area contributed by atoms with Crippen LogP contribution in [-0.4, -0.2) is 46.6 Å². The van der Waals surface area contributed by atoms with Crippen molar-refractivity contribution in [3.05, 3.63) is 99.5 Å². The second kappa shape index (κ2) is 10.5. The minimum Gasteiger partial charge on any atom is -0.478 e. The Labute approximate surface area is 221 Å². The molecule has 1 unspecified atom stereocenters. The maximum Gasteiger partial charge on any atom is 0.337 e. The third-order valence-corrected chi connectivity index (χ3v) is 7.05. The van der Waals surface area contributed by atoms with E-state index < -0.39 is 5.97 Å². The fourth-order valence-electron chi connectivity index (χ4n) is 4.98. The fourth-order valence-corrected chi connectivity index (χ4v) is 4.98. The van der Waals surface area contributed by atoms with Crippen molar-refractivity contribution in [2.24, 2.45) is 5.73 Å². The molecule has 0 amide bonds. The summed E-state index contributed by atoms with van der Waals surface area (Å²) >= 11 is 0. The molecule has 1 aliphatic heterocycles. The van der Waals surface area contributed by atoms with Crippen LogP contribution in [0.1, 0.15) is 40.0 Å². The molecule has 2 aromatic heterocycles. The Bertz CT molecular complexity index is 1520. The van der Waals surface area contributed by atoms with Gasteiger partial charge in [-0.15, -0.1) is 0 Å². The van der Waals surface area contributed by atoms with Gasteiger partial charge in [-0.3, -0.25) is 9.20 Å². The molecule has 5 rings (SSSR count). The molecule has 0 bridgehead atoms. The highest BCUT2D eigenvalue weighted by Gasteiger charge is 2.22. The van der Waals surface area contributed by atoms with Gasteiger partial charge in [-0.1, -0.05) is 24.3 Å². The van der Waals surface area contributed by atoms with Crippen molar-refractivity contribution in [2.75, 3.05) is 41.3 Å². The maximum atomic E-state index is 13.2. The van der Waals surface area contributed by atoms with Crippen molar-refractivity contribution in [3.63, 3.8) is 0 Å². The number of fused-ring (bicyclic) bond motifs is 1. The summed E-state index contributed by atoms with van der Waals surface area (Å²) in [6.07, 6.45) is 1.79. The number of nitrogens with zero attached hydrogens (tertiary/aromatic N) is 4. The van der Waals surface area contributed by atoms with Gasteiger partial charge >= 0.3 is 5.97 Å². The minimum atomic E-state index is -1.000. The summed E-state index contributed by atoms with van der Waals surface area (Å²) in [6.45, 7) is 7.51. The van der Waals surface area contributed by atoms with Crippen LogP contribution < -0.4 is 26.4 Å². The highest BCUT2D eigenvalue weighted by atomic mass is 16.4. The first kappa shape index (κ1) is 25.3.